The van der Waals surface area contributed by atoms with Crippen molar-refractivity contribution in [1.29, 1.82) is 0 Å². The van der Waals surface area contributed by atoms with E-state index >= 15 is 0 Å². The fraction of sp³-hybridized carbons (Fsp3) is 0.455. The molecular weight excluding hydrogens is 164 g/mol. The Hall–Kier alpha value is -0.860. The van der Waals surface area contributed by atoms with Crippen LogP contribution in [0.5, 0.6) is 0 Å². The molecule has 1 aliphatic rings. The lowest BCUT2D eigenvalue weighted by Crippen LogP contribution is -2.30. The molecule has 2 heteroatoms. The van der Waals surface area contributed by atoms with Gasteiger partial charge in [0.2, 0.25) is 0 Å². The summed E-state index contributed by atoms with van der Waals surface area (Å²) in [6.45, 7) is 1.62. The van der Waals surface area contributed by atoms with Crippen molar-refractivity contribution in [1.82, 2.24) is 0 Å². The molecule has 0 spiro atoms. The minimum absolute atomic E-state index is 0.0729. The Labute approximate surface area is 78.5 Å². The van der Waals surface area contributed by atoms with Gasteiger partial charge in [0.1, 0.15) is 0 Å². The van der Waals surface area contributed by atoms with E-state index in [1.165, 1.54) is 5.56 Å². The quantitative estimate of drug-likeness (QED) is 0.702. The summed E-state index contributed by atoms with van der Waals surface area (Å²) in [5.74, 6) is 0. The Morgan fingerprint density at radius 1 is 1.31 bits per heavy atom. The van der Waals surface area contributed by atoms with E-state index in [0.717, 1.165) is 26.1 Å². The maximum absolute atomic E-state index is 5.46. The third kappa shape index (κ3) is 2.54. The molecule has 1 unspecified atom stereocenters. The van der Waals surface area contributed by atoms with Crippen molar-refractivity contribution in [3.8, 4) is 0 Å². The number of hydrogen-bond donors (Lipinski definition) is 0. The number of benzene rings is 1. The van der Waals surface area contributed by atoms with Crippen molar-refractivity contribution in [3.63, 3.8) is 0 Å². The van der Waals surface area contributed by atoms with Gasteiger partial charge in [-0.05, 0) is 12.0 Å². The Morgan fingerprint density at radius 2 is 2.08 bits per heavy atom. The third-order valence-corrected chi connectivity index (χ3v) is 2.19. The van der Waals surface area contributed by atoms with Crippen molar-refractivity contribution >= 4 is 0 Å². The molecule has 1 saturated heterocycles. The van der Waals surface area contributed by atoms with Crippen LogP contribution in [0.25, 0.3) is 0 Å². The molecule has 1 aromatic carbocycles. The van der Waals surface area contributed by atoms with Crippen molar-refractivity contribution in [2.24, 2.45) is 0 Å². The minimum atomic E-state index is 0.0729. The van der Waals surface area contributed by atoms with Gasteiger partial charge in [-0.25, -0.2) is 0 Å². The first-order chi connectivity index (χ1) is 6.45. The smallest absolute Gasteiger partial charge is 0.159 e. The normalized spacial score (nSPS) is 21.1. The van der Waals surface area contributed by atoms with Gasteiger partial charge in [0.05, 0.1) is 13.2 Å². The van der Waals surface area contributed by atoms with Crippen molar-refractivity contribution in [3.05, 3.63) is 35.9 Å². The minimum Gasteiger partial charge on any atom is -0.352 e. The van der Waals surface area contributed by atoms with Gasteiger partial charge in [-0.2, -0.15) is 0 Å². The van der Waals surface area contributed by atoms with E-state index in [0.29, 0.717) is 0 Å². The second kappa shape index (κ2) is 4.40. The maximum atomic E-state index is 5.46. The molecule has 0 amide bonds. The van der Waals surface area contributed by atoms with E-state index in [4.69, 9.17) is 9.47 Å². The number of ether oxygens (including phenoxy) is 2. The van der Waals surface area contributed by atoms with Crippen LogP contribution in [0.15, 0.2) is 30.3 Å². The van der Waals surface area contributed by atoms with Crippen molar-refractivity contribution in [2.45, 2.75) is 19.1 Å². The zero-order valence-corrected chi connectivity index (χ0v) is 7.61. The molecule has 13 heavy (non-hydrogen) atoms. The monoisotopic (exact) mass is 178 g/mol. The lowest BCUT2D eigenvalue weighted by molar-refractivity contribution is -0.214. The SMILES string of the molecule is c1ccc(CCOC2CCO2)cc1. The van der Waals surface area contributed by atoms with Crippen LogP contribution in [0.3, 0.4) is 0 Å². The van der Waals surface area contributed by atoms with E-state index in [1.54, 1.807) is 0 Å². The molecule has 1 aromatic rings. The first kappa shape index (κ1) is 8.73. The van der Waals surface area contributed by atoms with Crippen LogP contribution in [0.1, 0.15) is 12.0 Å². The molecule has 2 rings (SSSR count). The summed E-state index contributed by atoms with van der Waals surface area (Å²) in [5.41, 5.74) is 1.32. The highest BCUT2D eigenvalue weighted by Crippen LogP contribution is 2.12. The lowest BCUT2D eigenvalue weighted by Gasteiger charge is -2.26. The van der Waals surface area contributed by atoms with E-state index in [-0.39, 0.29) is 6.29 Å². The van der Waals surface area contributed by atoms with Crippen LogP contribution in [-0.4, -0.2) is 19.5 Å². The molecule has 1 fully saturated rings. The van der Waals surface area contributed by atoms with Gasteiger partial charge >= 0.3 is 0 Å². The maximum Gasteiger partial charge on any atom is 0.159 e. The van der Waals surface area contributed by atoms with Crippen LogP contribution in [0, 0.1) is 0 Å². The van der Waals surface area contributed by atoms with Gasteiger partial charge in [0.25, 0.3) is 0 Å². The molecule has 1 heterocycles. The molecule has 70 valence electrons. The first-order valence-electron chi connectivity index (χ1n) is 4.72. The molecule has 0 aliphatic carbocycles. The van der Waals surface area contributed by atoms with E-state index in [9.17, 15) is 0 Å². The summed E-state index contributed by atoms with van der Waals surface area (Å²) in [6, 6.07) is 10.4. The Kier molecular flexibility index (Phi) is 2.95. The molecule has 0 aromatic heterocycles. The highest BCUT2D eigenvalue weighted by atomic mass is 16.7. The van der Waals surface area contributed by atoms with E-state index < -0.39 is 0 Å². The molecule has 0 N–H and O–H groups in total. The van der Waals surface area contributed by atoms with E-state index in [1.807, 2.05) is 6.07 Å². The fourth-order valence-corrected chi connectivity index (χ4v) is 1.30. The fourth-order valence-electron chi connectivity index (χ4n) is 1.30. The number of hydrogen-bond acceptors (Lipinski definition) is 2. The molecule has 1 aliphatic heterocycles. The van der Waals surface area contributed by atoms with Gasteiger partial charge < -0.3 is 9.47 Å². The van der Waals surface area contributed by atoms with Crippen LogP contribution >= 0.6 is 0 Å². The van der Waals surface area contributed by atoms with Gasteiger partial charge in [-0.3, -0.25) is 0 Å². The van der Waals surface area contributed by atoms with Crippen LogP contribution in [0.4, 0.5) is 0 Å². The first-order valence-corrected chi connectivity index (χ1v) is 4.72. The zero-order valence-electron chi connectivity index (χ0n) is 7.61. The van der Waals surface area contributed by atoms with Gasteiger partial charge in [-0.15, -0.1) is 0 Å². The summed E-state index contributed by atoms with van der Waals surface area (Å²) < 4.78 is 10.6. The van der Waals surface area contributed by atoms with Gasteiger partial charge in [0.15, 0.2) is 6.29 Å². The molecule has 0 bridgehead atoms. The topological polar surface area (TPSA) is 18.5 Å². The average Bonchev–Trinajstić information content (AvgIpc) is 2.11. The molecule has 0 radical (unpaired) electrons. The Morgan fingerprint density at radius 3 is 2.69 bits per heavy atom. The second-order valence-electron chi connectivity index (χ2n) is 3.20. The number of rotatable bonds is 4. The largest absolute Gasteiger partial charge is 0.352 e. The lowest BCUT2D eigenvalue weighted by atomic mass is 10.2. The predicted octanol–water partition coefficient (Wildman–Crippen LogP) is 1.99. The summed E-state index contributed by atoms with van der Waals surface area (Å²) in [4.78, 5) is 0. The molecular formula is C11H14O2. The molecule has 1 atom stereocenters. The van der Waals surface area contributed by atoms with E-state index in [2.05, 4.69) is 24.3 Å². The third-order valence-electron chi connectivity index (χ3n) is 2.19. The predicted molar refractivity (Wildman–Crippen MR) is 50.5 cm³/mol. The van der Waals surface area contributed by atoms with Crippen LogP contribution < -0.4 is 0 Å². The van der Waals surface area contributed by atoms with Crippen molar-refractivity contribution in [2.75, 3.05) is 13.2 Å². The van der Waals surface area contributed by atoms with Crippen molar-refractivity contribution < 1.29 is 9.47 Å². The summed E-state index contributed by atoms with van der Waals surface area (Å²) in [7, 11) is 0. The standard InChI is InChI=1S/C11H14O2/c1-2-4-10(5-3-1)6-8-12-11-7-9-13-11/h1-5,11H,6-9H2. The Balaban J connectivity index is 1.67. The van der Waals surface area contributed by atoms with Crippen LogP contribution in [-0.2, 0) is 15.9 Å². The van der Waals surface area contributed by atoms with Gasteiger partial charge in [-0.1, -0.05) is 30.3 Å². The zero-order chi connectivity index (χ0) is 8.93. The molecule has 2 nitrogen and oxygen atoms in total. The molecule has 0 saturated carbocycles. The summed E-state index contributed by atoms with van der Waals surface area (Å²) in [5, 5.41) is 0. The van der Waals surface area contributed by atoms with Gasteiger partial charge in [0, 0.05) is 6.42 Å². The summed E-state index contributed by atoms with van der Waals surface area (Å²) in [6.07, 6.45) is 2.10. The second-order valence-corrected chi connectivity index (χ2v) is 3.20. The highest BCUT2D eigenvalue weighted by molar-refractivity contribution is 5.14. The highest BCUT2D eigenvalue weighted by Gasteiger charge is 2.17. The Bertz CT molecular complexity index is 242. The average molecular weight is 178 g/mol. The van der Waals surface area contributed by atoms with Crippen LogP contribution in [0.2, 0.25) is 0 Å². The summed E-state index contributed by atoms with van der Waals surface area (Å²) >= 11 is 0.